The van der Waals surface area contributed by atoms with Crippen molar-refractivity contribution in [2.24, 2.45) is 0 Å². The molecular weight excluding hydrogens is 386 g/mol. The van der Waals surface area contributed by atoms with Gasteiger partial charge in [0.2, 0.25) is 5.91 Å². The maximum absolute atomic E-state index is 12.1. The van der Waals surface area contributed by atoms with Gasteiger partial charge in [-0.2, -0.15) is 5.10 Å². The number of nitrogens with one attached hydrogen (secondary N) is 2. The highest BCUT2D eigenvalue weighted by molar-refractivity contribution is 5.76. The van der Waals surface area contributed by atoms with E-state index in [0.29, 0.717) is 30.2 Å². The maximum atomic E-state index is 12.1. The average molecular weight is 407 g/mol. The van der Waals surface area contributed by atoms with Crippen molar-refractivity contribution < 1.29 is 13.9 Å². The molecule has 9 heteroatoms. The van der Waals surface area contributed by atoms with Gasteiger partial charge in [0.05, 0.1) is 19.2 Å². The summed E-state index contributed by atoms with van der Waals surface area (Å²) >= 11 is 0. The summed E-state index contributed by atoms with van der Waals surface area (Å²) in [5.41, 5.74) is 2.13. The quantitative estimate of drug-likeness (QED) is 0.464. The molecule has 0 radical (unpaired) electrons. The van der Waals surface area contributed by atoms with Crippen molar-refractivity contribution in [2.45, 2.75) is 25.9 Å². The molecule has 9 nitrogen and oxygen atoms in total. The molecule has 1 amide bonds. The molecule has 0 aliphatic carbocycles. The number of amides is 1. The van der Waals surface area contributed by atoms with Crippen molar-refractivity contribution in [3.63, 3.8) is 0 Å². The summed E-state index contributed by atoms with van der Waals surface area (Å²) in [6, 6.07) is 14.6. The molecule has 0 unspecified atom stereocenters. The van der Waals surface area contributed by atoms with E-state index < -0.39 is 5.76 Å². The molecule has 0 spiro atoms. The van der Waals surface area contributed by atoms with Crippen molar-refractivity contribution in [1.82, 2.24) is 25.1 Å². The fourth-order valence-corrected chi connectivity index (χ4v) is 3.14. The van der Waals surface area contributed by atoms with Crippen LogP contribution in [0.2, 0.25) is 0 Å². The lowest BCUT2D eigenvalue weighted by Gasteiger charge is -2.04. The van der Waals surface area contributed by atoms with Gasteiger partial charge in [0, 0.05) is 18.5 Å². The fraction of sp³-hybridized carbons (Fsp3) is 0.238. The van der Waals surface area contributed by atoms with Gasteiger partial charge in [-0.15, -0.1) is 0 Å². The Bertz CT molecular complexity index is 1210. The van der Waals surface area contributed by atoms with E-state index in [4.69, 9.17) is 9.15 Å². The van der Waals surface area contributed by atoms with Crippen molar-refractivity contribution in [3.8, 4) is 17.1 Å². The third kappa shape index (κ3) is 4.24. The summed E-state index contributed by atoms with van der Waals surface area (Å²) in [5, 5.41) is 9.82. The Kier molecular flexibility index (Phi) is 5.60. The number of hydrogen-bond donors (Lipinski definition) is 2. The number of aromatic amines is 1. The summed E-state index contributed by atoms with van der Waals surface area (Å²) in [4.78, 5) is 28.5. The van der Waals surface area contributed by atoms with Gasteiger partial charge < -0.3 is 14.5 Å². The number of aromatic nitrogens is 4. The van der Waals surface area contributed by atoms with E-state index >= 15 is 0 Å². The molecule has 4 rings (SSSR count). The number of hydrogen-bond acceptors (Lipinski definition) is 6. The van der Waals surface area contributed by atoms with Gasteiger partial charge >= 0.3 is 5.76 Å². The summed E-state index contributed by atoms with van der Waals surface area (Å²) in [6.07, 6.45) is 0.800. The molecule has 2 aromatic carbocycles. The third-order valence-corrected chi connectivity index (χ3v) is 4.69. The third-order valence-electron chi connectivity index (χ3n) is 4.69. The Morgan fingerprint density at radius 1 is 1.20 bits per heavy atom. The zero-order valence-electron chi connectivity index (χ0n) is 16.4. The first-order chi connectivity index (χ1) is 14.6. The molecule has 0 saturated heterocycles. The van der Waals surface area contributed by atoms with E-state index in [1.54, 1.807) is 17.7 Å². The second-order valence-electron chi connectivity index (χ2n) is 6.70. The van der Waals surface area contributed by atoms with Crippen LogP contribution in [0.15, 0.2) is 57.7 Å². The Hall–Kier alpha value is -3.88. The first-order valence-electron chi connectivity index (χ1n) is 9.55. The molecule has 0 fully saturated rings. The standard InChI is InChI=1S/C21H21N5O4/c1-29-15-10-8-14(9-11-15)20-23-18(24-25-20)13-22-19(27)7-4-12-26-16-5-2-3-6-17(16)30-21(26)28/h2-3,5-6,8-11H,4,7,12-13H2,1H3,(H,22,27)(H,23,24,25). The Balaban J connectivity index is 1.27. The molecule has 2 N–H and O–H groups in total. The monoisotopic (exact) mass is 407 g/mol. The van der Waals surface area contributed by atoms with E-state index in [-0.39, 0.29) is 18.9 Å². The summed E-state index contributed by atoms with van der Waals surface area (Å²) in [5.74, 6) is 1.33. The smallest absolute Gasteiger partial charge is 0.419 e. The molecule has 4 aromatic rings. The highest BCUT2D eigenvalue weighted by Gasteiger charge is 2.10. The Morgan fingerprint density at radius 2 is 2.00 bits per heavy atom. The van der Waals surface area contributed by atoms with Gasteiger partial charge in [-0.1, -0.05) is 12.1 Å². The molecular formula is C21H21N5O4. The van der Waals surface area contributed by atoms with Crippen LogP contribution in [0.5, 0.6) is 5.75 Å². The average Bonchev–Trinajstić information content (AvgIpc) is 3.37. The SMILES string of the molecule is COc1ccc(-c2n[nH]c(CNC(=O)CCCn3c(=O)oc4ccccc43)n2)cc1. The van der Waals surface area contributed by atoms with E-state index in [2.05, 4.69) is 20.5 Å². The molecule has 154 valence electrons. The van der Waals surface area contributed by atoms with Gasteiger partial charge in [0.25, 0.3) is 0 Å². The van der Waals surface area contributed by atoms with E-state index in [9.17, 15) is 9.59 Å². The molecule has 2 aromatic heterocycles. The van der Waals surface area contributed by atoms with Crippen LogP contribution >= 0.6 is 0 Å². The van der Waals surface area contributed by atoms with Crippen LogP contribution < -0.4 is 15.8 Å². The first kappa shape index (κ1) is 19.4. The van der Waals surface area contributed by atoms with E-state index in [1.165, 1.54) is 0 Å². The number of fused-ring (bicyclic) bond motifs is 1. The molecule has 0 aliphatic rings. The van der Waals surface area contributed by atoms with Crippen molar-refractivity contribution in [2.75, 3.05) is 7.11 Å². The molecule has 2 heterocycles. The van der Waals surface area contributed by atoms with E-state index in [1.807, 2.05) is 42.5 Å². The van der Waals surface area contributed by atoms with Crippen LogP contribution in [0.1, 0.15) is 18.7 Å². The first-order valence-corrected chi connectivity index (χ1v) is 9.55. The minimum Gasteiger partial charge on any atom is -0.497 e. The summed E-state index contributed by atoms with van der Waals surface area (Å²) < 4.78 is 11.9. The number of benzene rings is 2. The van der Waals surface area contributed by atoms with Crippen molar-refractivity contribution in [3.05, 3.63) is 64.9 Å². The molecule has 30 heavy (non-hydrogen) atoms. The van der Waals surface area contributed by atoms with Crippen LogP contribution in [0.25, 0.3) is 22.5 Å². The largest absolute Gasteiger partial charge is 0.497 e. The Morgan fingerprint density at radius 3 is 2.80 bits per heavy atom. The highest BCUT2D eigenvalue weighted by Crippen LogP contribution is 2.19. The van der Waals surface area contributed by atoms with Crippen LogP contribution in [0.4, 0.5) is 0 Å². The predicted octanol–water partition coefficient (Wildman–Crippen LogP) is 2.48. The number of methoxy groups -OCH3 is 1. The van der Waals surface area contributed by atoms with Gasteiger partial charge in [0.15, 0.2) is 11.4 Å². The summed E-state index contributed by atoms with van der Waals surface area (Å²) in [6.45, 7) is 0.657. The lowest BCUT2D eigenvalue weighted by molar-refractivity contribution is -0.121. The Labute approximate surface area is 171 Å². The molecule has 0 atom stereocenters. The lowest BCUT2D eigenvalue weighted by atomic mass is 10.2. The number of carbonyl (C=O) groups is 1. The number of ether oxygens (including phenoxy) is 1. The second-order valence-corrected chi connectivity index (χ2v) is 6.70. The topological polar surface area (TPSA) is 115 Å². The number of rotatable bonds is 8. The lowest BCUT2D eigenvalue weighted by Crippen LogP contribution is -2.24. The van der Waals surface area contributed by atoms with Gasteiger partial charge in [-0.05, 0) is 42.8 Å². The molecule has 0 saturated carbocycles. The highest BCUT2D eigenvalue weighted by atomic mass is 16.5. The van der Waals surface area contributed by atoms with Crippen LogP contribution in [0, 0.1) is 0 Å². The molecule has 0 aliphatic heterocycles. The number of nitrogens with zero attached hydrogens (tertiary/aromatic N) is 3. The van der Waals surface area contributed by atoms with E-state index in [0.717, 1.165) is 16.8 Å². The van der Waals surface area contributed by atoms with Gasteiger partial charge in [0.1, 0.15) is 11.6 Å². The maximum Gasteiger partial charge on any atom is 0.419 e. The number of carbonyl (C=O) groups excluding carboxylic acids is 1. The number of para-hydroxylation sites is 2. The molecule has 0 bridgehead atoms. The van der Waals surface area contributed by atoms with Gasteiger partial charge in [-0.3, -0.25) is 14.5 Å². The normalized spacial score (nSPS) is 11.0. The van der Waals surface area contributed by atoms with Crippen LogP contribution in [-0.4, -0.2) is 32.8 Å². The zero-order chi connectivity index (χ0) is 20.9. The van der Waals surface area contributed by atoms with Crippen LogP contribution in [-0.2, 0) is 17.9 Å². The number of H-pyrrole nitrogens is 1. The zero-order valence-corrected chi connectivity index (χ0v) is 16.4. The minimum atomic E-state index is -0.413. The van der Waals surface area contributed by atoms with Crippen molar-refractivity contribution in [1.29, 1.82) is 0 Å². The number of oxazole rings is 1. The van der Waals surface area contributed by atoms with Crippen molar-refractivity contribution >= 4 is 17.0 Å². The van der Waals surface area contributed by atoms with Gasteiger partial charge in [-0.25, -0.2) is 9.78 Å². The predicted molar refractivity (Wildman–Crippen MR) is 110 cm³/mol. The number of aryl methyl sites for hydroxylation is 1. The van der Waals surface area contributed by atoms with Crippen LogP contribution in [0.3, 0.4) is 0 Å². The summed E-state index contributed by atoms with van der Waals surface area (Å²) in [7, 11) is 1.61. The minimum absolute atomic E-state index is 0.127. The fourth-order valence-electron chi connectivity index (χ4n) is 3.14. The second kappa shape index (κ2) is 8.64.